The number of nitriles is 1. The molecular weight excluding hydrogens is 425 g/mol. The molecule has 0 spiro atoms. The SMILES string of the molecule is N#CC1(c2ccc(-c3ccc(N4C[C@H](Cn5ccnn5)OC4=O)cc3F)cn2)[C@@H]2CNC[C@@H]21. The third-order valence-corrected chi connectivity index (χ3v) is 6.96. The number of carbonyl (C=O) groups excluding carboxylic acids is 1. The molecule has 1 N–H and O–H groups in total. The minimum Gasteiger partial charge on any atom is -0.442 e. The molecule has 1 aromatic carbocycles. The molecule has 6 rings (SSSR count). The molecule has 3 aliphatic rings. The number of hydrogen-bond acceptors (Lipinski definition) is 7. The number of pyridine rings is 1. The van der Waals surface area contributed by atoms with Crippen LogP contribution in [0.5, 0.6) is 0 Å². The molecule has 3 fully saturated rings. The van der Waals surface area contributed by atoms with Crippen LogP contribution in [0.4, 0.5) is 14.9 Å². The topological polar surface area (TPSA) is 109 Å². The monoisotopic (exact) mass is 445 g/mol. The van der Waals surface area contributed by atoms with E-state index in [1.165, 1.54) is 11.0 Å². The number of anilines is 1. The van der Waals surface area contributed by atoms with Crippen LogP contribution in [0.2, 0.25) is 0 Å². The van der Waals surface area contributed by atoms with Crippen molar-refractivity contribution in [2.24, 2.45) is 11.8 Å². The van der Waals surface area contributed by atoms with Crippen LogP contribution in [0.15, 0.2) is 48.9 Å². The molecule has 33 heavy (non-hydrogen) atoms. The number of rotatable bonds is 5. The van der Waals surface area contributed by atoms with Crippen molar-refractivity contribution in [2.75, 3.05) is 24.5 Å². The Morgan fingerprint density at radius 2 is 2.12 bits per heavy atom. The molecule has 9 nitrogen and oxygen atoms in total. The molecule has 4 heterocycles. The van der Waals surface area contributed by atoms with E-state index >= 15 is 4.39 Å². The first-order valence-electron chi connectivity index (χ1n) is 10.8. The van der Waals surface area contributed by atoms with E-state index in [-0.39, 0.29) is 0 Å². The molecule has 3 aromatic rings. The first-order chi connectivity index (χ1) is 16.1. The second kappa shape index (κ2) is 7.35. The van der Waals surface area contributed by atoms with Gasteiger partial charge in [-0.1, -0.05) is 11.3 Å². The van der Waals surface area contributed by atoms with E-state index in [1.807, 2.05) is 6.07 Å². The van der Waals surface area contributed by atoms with Gasteiger partial charge in [0.25, 0.3) is 0 Å². The maximum Gasteiger partial charge on any atom is 0.414 e. The van der Waals surface area contributed by atoms with Crippen molar-refractivity contribution in [3.8, 4) is 17.2 Å². The van der Waals surface area contributed by atoms with E-state index in [9.17, 15) is 10.1 Å². The summed E-state index contributed by atoms with van der Waals surface area (Å²) in [6.07, 6.45) is 3.94. The average molecular weight is 445 g/mol. The van der Waals surface area contributed by atoms with Gasteiger partial charge >= 0.3 is 6.09 Å². The fraction of sp³-hybridized carbons (Fsp3) is 0.348. The molecule has 2 saturated heterocycles. The van der Waals surface area contributed by atoms with Gasteiger partial charge in [-0.2, -0.15) is 5.26 Å². The Bertz CT molecular complexity index is 1240. The van der Waals surface area contributed by atoms with Crippen LogP contribution in [0.3, 0.4) is 0 Å². The number of ether oxygens (including phenoxy) is 1. The maximum absolute atomic E-state index is 15.0. The van der Waals surface area contributed by atoms with Gasteiger partial charge in [0.1, 0.15) is 17.3 Å². The lowest BCUT2D eigenvalue weighted by molar-refractivity contribution is 0.129. The summed E-state index contributed by atoms with van der Waals surface area (Å²) in [5, 5.41) is 20.7. The fourth-order valence-electron chi connectivity index (χ4n) is 5.21. The average Bonchev–Trinajstić information content (AvgIpc) is 3.35. The van der Waals surface area contributed by atoms with Crippen LogP contribution in [0.25, 0.3) is 11.1 Å². The summed E-state index contributed by atoms with van der Waals surface area (Å²) in [4.78, 5) is 18.3. The van der Waals surface area contributed by atoms with Crippen LogP contribution in [-0.4, -0.2) is 51.8 Å². The first kappa shape index (κ1) is 19.8. The van der Waals surface area contributed by atoms with Crippen LogP contribution in [0, 0.1) is 29.0 Å². The molecule has 1 saturated carbocycles. The number of benzene rings is 1. The third kappa shape index (κ3) is 3.08. The van der Waals surface area contributed by atoms with Crippen molar-refractivity contribution >= 4 is 11.8 Å². The highest BCUT2D eigenvalue weighted by atomic mass is 19.1. The second-order valence-corrected chi connectivity index (χ2v) is 8.69. The molecule has 0 bridgehead atoms. The summed E-state index contributed by atoms with van der Waals surface area (Å²) < 4.78 is 22.0. The largest absolute Gasteiger partial charge is 0.442 e. The highest BCUT2D eigenvalue weighted by molar-refractivity contribution is 5.90. The summed E-state index contributed by atoms with van der Waals surface area (Å²) in [6.45, 7) is 2.33. The van der Waals surface area contributed by atoms with Crippen molar-refractivity contribution in [1.82, 2.24) is 25.3 Å². The summed E-state index contributed by atoms with van der Waals surface area (Å²) >= 11 is 0. The predicted octanol–water partition coefficient (Wildman–Crippen LogP) is 2.12. The molecule has 1 unspecified atom stereocenters. The van der Waals surface area contributed by atoms with Gasteiger partial charge in [0.15, 0.2) is 0 Å². The molecule has 166 valence electrons. The summed E-state index contributed by atoms with van der Waals surface area (Å²) in [5.74, 6) is 0.132. The number of carbonyl (C=O) groups is 1. The minimum absolute atomic E-state index is 0.293. The van der Waals surface area contributed by atoms with Crippen LogP contribution >= 0.6 is 0 Å². The van der Waals surface area contributed by atoms with Gasteiger partial charge in [0.05, 0.1) is 36.7 Å². The van der Waals surface area contributed by atoms with Gasteiger partial charge in [0, 0.05) is 48.4 Å². The van der Waals surface area contributed by atoms with E-state index in [2.05, 4.69) is 26.7 Å². The van der Waals surface area contributed by atoms with Gasteiger partial charge in [-0.05, 0) is 24.3 Å². The lowest BCUT2D eigenvalue weighted by Gasteiger charge is -2.15. The predicted molar refractivity (Wildman–Crippen MR) is 114 cm³/mol. The maximum atomic E-state index is 15.0. The minimum atomic E-state index is -0.524. The number of cyclic esters (lactones) is 1. The Morgan fingerprint density at radius 1 is 1.27 bits per heavy atom. The second-order valence-electron chi connectivity index (χ2n) is 8.69. The van der Waals surface area contributed by atoms with Crippen LogP contribution < -0.4 is 10.2 Å². The van der Waals surface area contributed by atoms with Crippen molar-refractivity contribution in [3.05, 3.63) is 60.4 Å². The lowest BCUT2D eigenvalue weighted by atomic mass is 9.96. The van der Waals surface area contributed by atoms with Gasteiger partial charge in [-0.15, -0.1) is 5.10 Å². The Kier molecular flexibility index (Phi) is 4.41. The normalized spacial score (nSPS) is 27.8. The van der Waals surface area contributed by atoms with E-state index < -0.39 is 23.4 Å². The first-order valence-corrected chi connectivity index (χ1v) is 10.8. The number of halogens is 1. The zero-order valence-corrected chi connectivity index (χ0v) is 17.6. The Morgan fingerprint density at radius 3 is 2.79 bits per heavy atom. The van der Waals surface area contributed by atoms with E-state index in [0.717, 1.165) is 18.8 Å². The molecule has 1 aliphatic carbocycles. The van der Waals surface area contributed by atoms with Gasteiger partial charge in [-0.25, -0.2) is 13.9 Å². The van der Waals surface area contributed by atoms with Crippen LogP contribution in [0.1, 0.15) is 5.69 Å². The van der Waals surface area contributed by atoms with E-state index in [0.29, 0.717) is 41.7 Å². The Balaban J connectivity index is 1.20. The smallest absolute Gasteiger partial charge is 0.414 e. The van der Waals surface area contributed by atoms with Crippen molar-refractivity contribution < 1.29 is 13.9 Å². The third-order valence-electron chi connectivity index (χ3n) is 6.96. The number of hydrogen-bond donors (Lipinski definition) is 1. The standard InChI is InChI=1S/C23H20FN7O2/c24-20-7-15(31-12-16(33-22(31)32)11-30-6-5-28-29-30)2-3-17(20)14-1-4-21(27-8-14)23(13-25)18-9-26-10-19(18)23/h1-8,16,18-19,26H,9-12H2/t16-,18-,19+,23?/m0/s1. The molecular formula is C23H20FN7O2. The number of nitrogens with one attached hydrogen (secondary N) is 1. The van der Waals surface area contributed by atoms with Crippen LogP contribution in [-0.2, 0) is 16.7 Å². The van der Waals surface area contributed by atoms with E-state index in [4.69, 9.17) is 4.74 Å². The number of fused-ring (bicyclic) bond motifs is 1. The van der Waals surface area contributed by atoms with Crippen molar-refractivity contribution in [2.45, 2.75) is 18.1 Å². The van der Waals surface area contributed by atoms with Crippen molar-refractivity contribution in [3.63, 3.8) is 0 Å². The summed E-state index contributed by atoms with van der Waals surface area (Å²) in [7, 11) is 0. The number of piperidine rings is 1. The summed E-state index contributed by atoms with van der Waals surface area (Å²) in [6, 6.07) is 10.8. The molecule has 1 amide bonds. The van der Waals surface area contributed by atoms with Gasteiger partial charge in [-0.3, -0.25) is 9.88 Å². The molecule has 0 radical (unpaired) electrons. The fourth-order valence-corrected chi connectivity index (χ4v) is 5.21. The number of amides is 1. The van der Waals surface area contributed by atoms with E-state index in [1.54, 1.807) is 41.5 Å². The molecule has 10 heteroatoms. The Labute approximate surface area is 188 Å². The highest BCUT2D eigenvalue weighted by Crippen LogP contribution is 2.60. The van der Waals surface area contributed by atoms with Crippen molar-refractivity contribution in [1.29, 1.82) is 5.26 Å². The number of aromatic nitrogens is 4. The van der Waals surface area contributed by atoms with Gasteiger partial charge < -0.3 is 10.1 Å². The highest BCUT2D eigenvalue weighted by Gasteiger charge is 2.69. The number of nitrogens with zero attached hydrogens (tertiary/aromatic N) is 6. The summed E-state index contributed by atoms with van der Waals surface area (Å²) in [5.41, 5.74) is 1.65. The molecule has 2 aromatic heterocycles. The molecule has 2 aliphatic heterocycles. The lowest BCUT2D eigenvalue weighted by Crippen LogP contribution is -2.26. The quantitative estimate of drug-likeness (QED) is 0.641. The Hall–Kier alpha value is -3.84. The van der Waals surface area contributed by atoms with Gasteiger partial charge in [0.2, 0.25) is 0 Å². The zero-order chi connectivity index (χ0) is 22.6. The molecule has 4 atom stereocenters. The zero-order valence-electron chi connectivity index (χ0n) is 17.6.